The average Bonchev–Trinajstić information content (AvgIpc) is 3.23. The minimum absolute atomic E-state index is 0.635. The third-order valence-electron chi connectivity index (χ3n) is 3.18. The molecule has 0 aliphatic heterocycles. The van der Waals surface area contributed by atoms with E-state index >= 15 is 0 Å². The molecule has 0 amide bonds. The van der Waals surface area contributed by atoms with Crippen LogP contribution in [0.4, 0.5) is 0 Å². The highest BCUT2D eigenvalue weighted by molar-refractivity contribution is 5.20. The molecule has 96 valence electrons. The first-order valence-electron chi connectivity index (χ1n) is 6.69. The van der Waals surface area contributed by atoms with Crippen LogP contribution in [0, 0.1) is 11.3 Å². The Bertz CT molecular complexity index is 381. The highest BCUT2D eigenvalue weighted by Gasteiger charge is 2.27. The van der Waals surface area contributed by atoms with Crippen LogP contribution in [0.5, 0.6) is 5.75 Å². The Labute approximate surface area is 109 Å². The maximum absolute atomic E-state index is 8.64. The van der Waals surface area contributed by atoms with E-state index < -0.39 is 0 Å². The summed E-state index contributed by atoms with van der Waals surface area (Å²) < 4.78 is 5.67. The molecule has 0 aromatic heterocycles. The van der Waals surface area contributed by atoms with Gasteiger partial charge < -0.3 is 4.74 Å². The molecule has 3 nitrogen and oxygen atoms in total. The Kier molecular flexibility index (Phi) is 5.04. The predicted octanol–water partition coefficient (Wildman–Crippen LogP) is 2.83. The topological polar surface area (TPSA) is 36.3 Å². The van der Waals surface area contributed by atoms with E-state index in [1.165, 1.54) is 12.8 Å². The van der Waals surface area contributed by atoms with Gasteiger partial charge in [0.2, 0.25) is 0 Å². The first-order chi connectivity index (χ1) is 8.90. The van der Waals surface area contributed by atoms with Gasteiger partial charge in [0.1, 0.15) is 5.75 Å². The molecule has 0 heterocycles. The summed E-state index contributed by atoms with van der Waals surface area (Å²) in [4.78, 5) is 2.43. The number of rotatable bonds is 8. The summed E-state index contributed by atoms with van der Waals surface area (Å²) in [5.41, 5.74) is 0. The monoisotopic (exact) mass is 244 g/mol. The number of nitrogens with zero attached hydrogens (tertiary/aromatic N) is 2. The second-order valence-corrected chi connectivity index (χ2v) is 4.69. The van der Waals surface area contributed by atoms with Gasteiger partial charge in [0.05, 0.1) is 12.7 Å². The third-order valence-corrected chi connectivity index (χ3v) is 3.18. The van der Waals surface area contributed by atoms with E-state index in [4.69, 9.17) is 10.00 Å². The van der Waals surface area contributed by atoms with Crippen molar-refractivity contribution in [3.05, 3.63) is 30.3 Å². The molecule has 1 aliphatic rings. The zero-order chi connectivity index (χ0) is 12.6. The van der Waals surface area contributed by atoms with Crippen LogP contribution in [0.3, 0.4) is 0 Å². The molecule has 1 fully saturated rings. The van der Waals surface area contributed by atoms with Gasteiger partial charge in [-0.15, -0.1) is 0 Å². The van der Waals surface area contributed by atoms with Crippen molar-refractivity contribution in [3.8, 4) is 11.8 Å². The van der Waals surface area contributed by atoms with Crippen molar-refractivity contribution < 1.29 is 4.74 Å². The fourth-order valence-electron chi connectivity index (χ4n) is 2.08. The molecular formula is C15H20N2O. The van der Waals surface area contributed by atoms with E-state index in [0.717, 1.165) is 37.9 Å². The number of hydrogen-bond donors (Lipinski definition) is 0. The maximum Gasteiger partial charge on any atom is 0.119 e. The van der Waals surface area contributed by atoms with E-state index in [0.29, 0.717) is 6.42 Å². The highest BCUT2D eigenvalue weighted by atomic mass is 16.5. The molecule has 0 saturated heterocycles. The maximum atomic E-state index is 8.64. The molecule has 0 spiro atoms. The minimum Gasteiger partial charge on any atom is -0.494 e. The van der Waals surface area contributed by atoms with Crippen LogP contribution in [-0.2, 0) is 0 Å². The molecule has 1 aromatic rings. The summed E-state index contributed by atoms with van der Waals surface area (Å²) in [5, 5.41) is 8.64. The lowest BCUT2D eigenvalue weighted by atomic mass is 10.3. The first-order valence-corrected chi connectivity index (χ1v) is 6.69. The van der Waals surface area contributed by atoms with Crippen LogP contribution in [-0.4, -0.2) is 30.6 Å². The Morgan fingerprint density at radius 2 is 2.00 bits per heavy atom. The number of benzene rings is 1. The summed E-state index contributed by atoms with van der Waals surface area (Å²) in [7, 11) is 0. The summed E-state index contributed by atoms with van der Waals surface area (Å²) in [6.07, 6.45) is 4.25. The summed E-state index contributed by atoms with van der Waals surface area (Å²) in [5.74, 6) is 0.937. The Morgan fingerprint density at radius 1 is 1.22 bits per heavy atom. The summed E-state index contributed by atoms with van der Waals surface area (Å²) in [6, 6.07) is 12.9. The summed E-state index contributed by atoms with van der Waals surface area (Å²) >= 11 is 0. The lowest BCUT2D eigenvalue weighted by Gasteiger charge is -2.20. The van der Waals surface area contributed by atoms with Gasteiger partial charge in [-0.25, -0.2) is 0 Å². The number of nitriles is 1. The van der Waals surface area contributed by atoms with Crippen molar-refractivity contribution in [2.75, 3.05) is 19.7 Å². The second-order valence-electron chi connectivity index (χ2n) is 4.69. The van der Waals surface area contributed by atoms with E-state index in [1.807, 2.05) is 30.3 Å². The van der Waals surface area contributed by atoms with Gasteiger partial charge in [-0.2, -0.15) is 5.26 Å². The largest absolute Gasteiger partial charge is 0.494 e. The Balaban J connectivity index is 1.63. The van der Waals surface area contributed by atoms with Crippen molar-refractivity contribution >= 4 is 0 Å². The Morgan fingerprint density at radius 3 is 2.67 bits per heavy atom. The molecule has 1 saturated carbocycles. The first kappa shape index (κ1) is 12.9. The molecule has 0 N–H and O–H groups in total. The average molecular weight is 244 g/mol. The van der Waals surface area contributed by atoms with Gasteiger partial charge in [0.25, 0.3) is 0 Å². The molecule has 0 atom stereocenters. The number of hydrogen-bond acceptors (Lipinski definition) is 3. The van der Waals surface area contributed by atoms with Crippen molar-refractivity contribution in [1.82, 2.24) is 4.90 Å². The number of ether oxygens (including phenoxy) is 1. The van der Waals surface area contributed by atoms with Crippen LogP contribution in [0.25, 0.3) is 0 Å². The molecular weight excluding hydrogens is 224 g/mol. The van der Waals surface area contributed by atoms with Crippen molar-refractivity contribution in [1.29, 1.82) is 5.26 Å². The van der Waals surface area contributed by atoms with Crippen molar-refractivity contribution in [3.63, 3.8) is 0 Å². The molecule has 3 heteroatoms. The fraction of sp³-hybridized carbons (Fsp3) is 0.533. The van der Waals surface area contributed by atoms with Crippen LogP contribution in [0.1, 0.15) is 25.7 Å². The lowest BCUT2D eigenvalue weighted by Crippen LogP contribution is -2.29. The van der Waals surface area contributed by atoms with Gasteiger partial charge in [-0.3, -0.25) is 4.90 Å². The normalized spacial score (nSPS) is 14.4. The SMILES string of the molecule is N#CCCN(CCCOc1ccccc1)C1CC1. The second kappa shape index (κ2) is 7.03. The van der Waals surface area contributed by atoms with Gasteiger partial charge >= 0.3 is 0 Å². The molecule has 18 heavy (non-hydrogen) atoms. The smallest absolute Gasteiger partial charge is 0.119 e. The van der Waals surface area contributed by atoms with Gasteiger partial charge in [-0.1, -0.05) is 18.2 Å². The van der Waals surface area contributed by atoms with Crippen LogP contribution < -0.4 is 4.74 Å². The molecule has 2 rings (SSSR count). The van der Waals surface area contributed by atoms with Crippen molar-refractivity contribution in [2.45, 2.75) is 31.7 Å². The zero-order valence-electron chi connectivity index (χ0n) is 10.7. The molecule has 1 aliphatic carbocycles. The molecule has 1 aromatic carbocycles. The van der Waals surface area contributed by atoms with E-state index in [2.05, 4.69) is 11.0 Å². The number of para-hydroxylation sites is 1. The lowest BCUT2D eigenvalue weighted by molar-refractivity contribution is 0.230. The van der Waals surface area contributed by atoms with E-state index in [1.54, 1.807) is 0 Å². The zero-order valence-corrected chi connectivity index (χ0v) is 10.7. The standard InChI is InChI=1S/C15H20N2O/c16-10-4-11-17(14-8-9-14)12-5-13-18-15-6-2-1-3-7-15/h1-3,6-7,14H,4-5,8-9,11-13H2. The van der Waals surface area contributed by atoms with E-state index in [9.17, 15) is 0 Å². The molecule has 0 bridgehead atoms. The quantitative estimate of drug-likeness (QED) is 0.660. The minimum atomic E-state index is 0.635. The van der Waals surface area contributed by atoms with Gasteiger partial charge in [0.15, 0.2) is 0 Å². The molecule has 0 radical (unpaired) electrons. The Hall–Kier alpha value is -1.53. The van der Waals surface area contributed by atoms with Crippen LogP contribution >= 0.6 is 0 Å². The van der Waals surface area contributed by atoms with E-state index in [-0.39, 0.29) is 0 Å². The van der Waals surface area contributed by atoms with Gasteiger partial charge in [0, 0.05) is 25.6 Å². The van der Waals surface area contributed by atoms with Crippen LogP contribution in [0.2, 0.25) is 0 Å². The fourth-order valence-corrected chi connectivity index (χ4v) is 2.08. The molecule has 0 unspecified atom stereocenters. The van der Waals surface area contributed by atoms with Crippen molar-refractivity contribution in [2.24, 2.45) is 0 Å². The third kappa shape index (κ3) is 4.38. The van der Waals surface area contributed by atoms with Crippen LogP contribution in [0.15, 0.2) is 30.3 Å². The highest BCUT2D eigenvalue weighted by Crippen LogP contribution is 2.26. The van der Waals surface area contributed by atoms with Gasteiger partial charge in [-0.05, 0) is 31.4 Å². The predicted molar refractivity (Wildman–Crippen MR) is 71.4 cm³/mol. The summed E-state index contributed by atoms with van der Waals surface area (Å²) in [6.45, 7) is 2.70.